The van der Waals surface area contributed by atoms with Crippen molar-refractivity contribution in [2.75, 3.05) is 32.7 Å². The van der Waals surface area contributed by atoms with Crippen molar-refractivity contribution in [3.63, 3.8) is 0 Å². The molecule has 1 saturated heterocycles. The van der Waals surface area contributed by atoms with Gasteiger partial charge in [0.05, 0.1) is 0 Å². The molecule has 1 fully saturated rings. The Morgan fingerprint density at radius 1 is 0.833 bits per heavy atom. The van der Waals surface area contributed by atoms with E-state index < -0.39 is 0 Å². The summed E-state index contributed by atoms with van der Waals surface area (Å²) in [5, 5.41) is 0. The third kappa shape index (κ3) is 5.64. The highest BCUT2D eigenvalue weighted by Crippen LogP contribution is 2.16. The van der Waals surface area contributed by atoms with E-state index in [4.69, 9.17) is 4.74 Å². The van der Waals surface area contributed by atoms with Gasteiger partial charge in [0.2, 0.25) is 0 Å². The molecule has 0 spiro atoms. The van der Waals surface area contributed by atoms with Crippen molar-refractivity contribution in [2.45, 2.75) is 12.8 Å². The predicted molar refractivity (Wildman–Crippen MR) is 115 cm³/mol. The second-order valence-electron chi connectivity index (χ2n) is 7.41. The molecule has 1 amide bonds. The number of hydrogen-bond donors (Lipinski definition) is 0. The summed E-state index contributed by atoms with van der Waals surface area (Å²) in [6.45, 7) is 4.02. The molecule has 0 saturated carbocycles. The van der Waals surface area contributed by atoms with Gasteiger partial charge in [0.15, 0.2) is 0 Å². The first-order valence-electron chi connectivity index (χ1n) is 10.3. The second kappa shape index (κ2) is 9.98. The maximum Gasteiger partial charge on any atom is 0.415 e. The van der Waals surface area contributed by atoms with Crippen LogP contribution >= 0.6 is 0 Å². The number of carbonyl (C=O) groups is 1. The summed E-state index contributed by atoms with van der Waals surface area (Å²) in [6, 6.07) is 19.5. The Labute approximate surface area is 177 Å². The smallest absolute Gasteiger partial charge is 0.410 e. The highest BCUT2D eigenvalue weighted by atomic mass is 16.6. The van der Waals surface area contributed by atoms with Gasteiger partial charge in [-0.3, -0.25) is 14.9 Å². The van der Waals surface area contributed by atoms with Crippen LogP contribution in [0.15, 0.2) is 73.1 Å². The molecular formula is C24H26N4O2. The Morgan fingerprint density at radius 2 is 1.50 bits per heavy atom. The van der Waals surface area contributed by atoms with Crippen molar-refractivity contribution >= 4 is 6.09 Å². The number of carbonyl (C=O) groups excluding carboxylic acids is 1. The lowest BCUT2D eigenvalue weighted by Crippen LogP contribution is -2.49. The number of amides is 1. The molecular weight excluding hydrogens is 376 g/mol. The fraction of sp³-hybridized carbons (Fsp3) is 0.292. The number of aromatic nitrogens is 2. The summed E-state index contributed by atoms with van der Waals surface area (Å²) in [6.07, 6.45) is 5.03. The first-order valence-corrected chi connectivity index (χ1v) is 10.3. The van der Waals surface area contributed by atoms with E-state index in [1.807, 2.05) is 60.8 Å². The molecule has 1 aliphatic heterocycles. The monoisotopic (exact) mass is 402 g/mol. The Kier molecular flexibility index (Phi) is 6.67. The maximum atomic E-state index is 12.5. The summed E-state index contributed by atoms with van der Waals surface area (Å²) >= 11 is 0. The van der Waals surface area contributed by atoms with Crippen molar-refractivity contribution in [3.8, 4) is 5.75 Å². The summed E-state index contributed by atoms with van der Waals surface area (Å²) in [5.74, 6) is 0.572. The molecule has 30 heavy (non-hydrogen) atoms. The topological polar surface area (TPSA) is 58.6 Å². The molecule has 0 atom stereocenters. The van der Waals surface area contributed by atoms with Crippen LogP contribution in [-0.4, -0.2) is 58.6 Å². The normalized spacial score (nSPS) is 14.5. The molecule has 0 unspecified atom stereocenters. The highest BCUT2D eigenvalue weighted by Gasteiger charge is 2.22. The van der Waals surface area contributed by atoms with Crippen molar-refractivity contribution in [1.29, 1.82) is 0 Å². The molecule has 4 rings (SSSR count). The van der Waals surface area contributed by atoms with Gasteiger partial charge in [-0.25, -0.2) is 4.79 Å². The number of benzene rings is 1. The average Bonchev–Trinajstić information content (AvgIpc) is 2.81. The largest absolute Gasteiger partial charge is 0.415 e. The predicted octanol–water partition coefficient (Wildman–Crippen LogP) is 3.43. The second-order valence-corrected chi connectivity index (χ2v) is 7.41. The van der Waals surface area contributed by atoms with Gasteiger partial charge in [0.25, 0.3) is 0 Å². The van der Waals surface area contributed by atoms with Crippen molar-refractivity contribution in [2.24, 2.45) is 0 Å². The van der Waals surface area contributed by atoms with Crippen LogP contribution in [0.3, 0.4) is 0 Å². The van der Waals surface area contributed by atoms with E-state index in [1.54, 1.807) is 11.1 Å². The third-order valence-electron chi connectivity index (χ3n) is 5.28. The molecule has 6 nitrogen and oxygen atoms in total. The quantitative estimate of drug-likeness (QED) is 0.632. The summed E-state index contributed by atoms with van der Waals surface area (Å²) in [7, 11) is 0. The van der Waals surface area contributed by atoms with Crippen LogP contribution in [0.5, 0.6) is 5.75 Å². The van der Waals surface area contributed by atoms with Crippen LogP contribution < -0.4 is 4.74 Å². The minimum atomic E-state index is -0.281. The molecule has 0 aliphatic carbocycles. The molecule has 1 aromatic carbocycles. The standard InChI is InChI=1S/C24H26N4O2/c29-24(28-17-15-27(16-18-28)14-11-21-5-1-3-12-25-21)30-23-9-7-20(8-10-23)19-22-6-2-4-13-26-22/h1-10,12-13H,11,14-19H2. The van der Waals surface area contributed by atoms with Gasteiger partial charge in [-0.15, -0.1) is 0 Å². The number of hydrogen-bond acceptors (Lipinski definition) is 5. The van der Waals surface area contributed by atoms with E-state index in [2.05, 4.69) is 20.9 Å². The molecule has 3 aromatic rings. The lowest BCUT2D eigenvalue weighted by atomic mass is 10.1. The molecule has 0 bridgehead atoms. The van der Waals surface area contributed by atoms with Gasteiger partial charge in [-0.1, -0.05) is 24.3 Å². The first-order chi connectivity index (χ1) is 14.8. The van der Waals surface area contributed by atoms with Crippen molar-refractivity contribution in [3.05, 3.63) is 90.0 Å². The minimum Gasteiger partial charge on any atom is -0.410 e. The fourth-order valence-electron chi connectivity index (χ4n) is 3.53. The van der Waals surface area contributed by atoms with Crippen LogP contribution in [0.1, 0.15) is 17.0 Å². The van der Waals surface area contributed by atoms with Gasteiger partial charge in [-0.2, -0.15) is 0 Å². The van der Waals surface area contributed by atoms with Crippen LogP contribution in [0.25, 0.3) is 0 Å². The van der Waals surface area contributed by atoms with Gasteiger partial charge in [-0.05, 0) is 42.0 Å². The molecule has 1 aliphatic rings. The first kappa shape index (κ1) is 20.0. The number of ether oxygens (including phenoxy) is 1. The van der Waals surface area contributed by atoms with Crippen LogP contribution in [0, 0.1) is 0 Å². The Hall–Kier alpha value is -3.25. The fourth-order valence-corrected chi connectivity index (χ4v) is 3.53. The van der Waals surface area contributed by atoms with E-state index >= 15 is 0 Å². The van der Waals surface area contributed by atoms with Crippen LogP contribution in [-0.2, 0) is 12.8 Å². The van der Waals surface area contributed by atoms with E-state index in [9.17, 15) is 4.79 Å². The van der Waals surface area contributed by atoms with E-state index in [0.717, 1.165) is 49.4 Å². The van der Waals surface area contributed by atoms with Crippen LogP contribution in [0.2, 0.25) is 0 Å². The van der Waals surface area contributed by atoms with E-state index in [1.165, 1.54) is 0 Å². The number of nitrogens with zero attached hydrogens (tertiary/aromatic N) is 4. The minimum absolute atomic E-state index is 0.281. The summed E-state index contributed by atoms with van der Waals surface area (Å²) in [5.41, 5.74) is 3.25. The molecule has 0 N–H and O–H groups in total. The highest BCUT2D eigenvalue weighted by molar-refractivity contribution is 5.70. The van der Waals surface area contributed by atoms with Crippen molar-refractivity contribution < 1.29 is 9.53 Å². The van der Waals surface area contributed by atoms with Gasteiger partial charge in [0.1, 0.15) is 5.75 Å². The number of pyridine rings is 2. The Bertz CT molecular complexity index is 924. The van der Waals surface area contributed by atoms with Crippen molar-refractivity contribution in [1.82, 2.24) is 19.8 Å². The van der Waals surface area contributed by atoms with Crippen LogP contribution in [0.4, 0.5) is 4.79 Å². The number of piperazine rings is 1. The molecule has 0 radical (unpaired) electrons. The lowest BCUT2D eigenvalue weighted by molar-refractivity contribution is 0.111. The average molecular weight is 402 g/mol. The Balaban J connectivity index is 1.22. The van der Waals surface area contributed by atoms with Gasteiger partial charge in [0, 0.05) is 69.3 Å². The zero-order valence-corrected chi connectivity index (χ0v) is 17.0. The van der Waals surface area contributed by atoms with Gasteiger partial charge < -0.3 is 9.64 Å². The lowest BCUT2D eigenvalue weighted by Gasteiger charge is -2.33. The zero-order valence-electron chi connectivity index (χ0n) is 17.0. The summed E-state index contributed by atoms with van der Waals surface area (Å²) < 4.78 is 5.57. The van der Waals surface area contributed by atoms with Gasteiger partial charge >= 0.3 is 6.09 Å². The molecule has 3 heterocycles. The Morgan fingerprint density at radius 3 is 2.13 bits per heavy atom. The number of rotatable bonds is 6. The van der Waals surface area contributed by atoms with E-state index in [-0.39, 0.29) is 6.09 Å². The molecule has 6 heteroatoms. The maximum absolute atomic E-state index is 12.5. The zero-order chi connectivity index (χ0) is 20.6. The molecule has 154 valence electrons. The SMILES string of the molecule is O=C(Oc1ccc(Cc2ccccn2)cc1)N1CCN(CCc2ccccn2)CC1. The summed E-state index contributed by atoms with van der Waals surface area (Å²) in [4.78, 5) is 25.3. The van der Waals surface area contributed by atoms with E-state index in [0.29, 0.717) is 18.8 Å². The third-order valence-corrected chi connectivity index (χ3v) is 5.28. The molecule has 2 aromatic heterocycles.